The van der Waals surface area contributed by atoms with Gasteiger partial charge in [0.1, 0.15) is 11.2 Å². The van der Waals surface area contributed by atoms with E-state index >= 15 is 0 Å². The number of fused-ring (bicyclic) bond motifs is 1. The van der Waals surface area contributed by atoms with E-state index in [-0.39, 0.29) is 17.2 Å². The quantitative estimate of drug-likeness (QED) is 0.919. The molecule has 1 saturated carbocycles. The van der Waals surface area contributed by atoms with Gasteiger partial charge in [0.15, 0.2) is 0 Å². The molecular formula is C16H19N3O2. The van der Waals surface area contributed by atoms with E-state index in [1.54, 1.807) is 22.9 Å². The van der Waals surface area contributed by atoms with Crippen molar-refractivity contribution in [1.82, 2.24) is 9.55 Å². The van der Waals surface area contributed by atoms with Gasteiger partial charge in [-0.2, -0.15) is 0 Å². The van der Waals surface area contributed by atoms with Crippen LogP contribution in [0, 0.1) is 5.92 Å². The van der Waals surface area contributed by atoms with Crippen molar-refractivity contribution in [2.45, 2.75) is 38.6 Å². The first kappa shape index (κ1) is 13.8. The number of rotatable bonds is 2. The second-order valence-corrected chi connectivity index (χ2v) is 5.93. The van der Waals surface area contributed by atoms with E-state index in [1.165, 1.54) is 0 Å². The van der Waals surface area contributed by atoms with Gasteiger partial charge in [-0.05, 0) is 49.8 Å². The van der Waals surface area contributed by atoms with Crippen LogP contribution in [0.4, 0.5) is 0 Å². The Kier molecular flexibility index (Phi) is 3.49. The van der Waals surface area contributed by atoms with E-state index in [1.807, 2.05) is 6.07 Å². The lowest BCUT2D eigenvalue weighted by Crippen LogP contribution is -2.33. The Labute approximate surface area is 122 Å². The van der Waals surface area contributed by atoms with E-state index < -0.39 is 5.91 Å². The van der Waals surface area contributed by atoms with Crippen molar-refractivity contribution in [3.63, 3.8) is 0 Å². The van der Waals surface area contributed by atoms with Gasteiger partial charge >= 0.3 is 0 Å². The molecule has 1 aliphatic carbocycles. The second-order valence-electron chi connectivity index (χ2n) is 5.93. The molecule has 2 aromatic heterocycles. The Hall–Kier alpha value is -2.17. The first-order chi connectivity index (χ1) is 10.1. The van der Waals surface area contributed by atoms with Gasteiger partial charge in [-0.3, -0.25) is 14.2 Å². The molecule has 5 heteroatoms. The molecule has 0 aliphatic heterocycles. The van der Waals surface area contributed by atoms with E-state index in [4.69, 9.17) is 5.73 Å². The molecule has 0 radical (unpaired) electrons. The van der Waals surface area contributed by atoms with Crippen LogP contribution in [0.25, 0.3) is 11.0 Å². The smallest absolute Gasteiger partial charge is 0.265 e. The van der Waals surface area contributed by atoms with Crippen LogP contribution < -0.4 is 11.3 Å². The van der Waals surface area contributed by atoms with Crippen LogP contribution in [0.1, 0.15) is 49.0 Å². The van der Waals surface area contributed by atoms with Crippen LogP contribution in [-0.2, 0) is 0 Å². The number of carbonyl (C=O) groups is 1. The number of nitrogens with two attached hydrogens (primary N) is 1. The van der Waals surface area contributed by atoms with Crippen LogP contribution in [0.15, 0.2) is 29.2 Å². The van der Waals surface area contributed by atoms with E-state index in [0.717, 1.165) is 31.1 Å². The van der Waals surface area contributed by atoms with Crippen LogP contribution in [0.3, 0.4) is 0 Å². The highest BCUT2D eigenvalue weighted by atomic mass is 16.2. The standard InChI is InChI=1S/C16H19N3O2/c1-10-4-6-12(7-5-10)19-15-11(3-2-8-18-15)9-13(14(17)20)16(19)21/h2-3,8-10,12H,4-7H2,1H3,(H2,17,20). The molecule has 3 rings (SSSR count). The minimum Gasteiger partial charge on any atom is -0.365 e. The molecule has 2 heterocycles. The van der Waals surface area contributed by atoms with Crippen molar-refractivity contribution in [2.75, 3.05) is 0 Å². The third-order valence-electron chi connectivity index (χ3n) is 4.41. The number of aromatic nitrogens is 2. The largest absolute Gasteiger partial charge is 0.365 e. The minimum absolute atomic E-state index is 0.0501. The van der Waals surface area contributed by atoms with E-state index in [9.17, 15) is 9.59 Å². The van der Waals surface area contributed by atoms with Crippen molar-refractivity contribution in [2.24, 2.45) is 11.7 Å². The Morgan fingerprint density at radius 2 is 2.05 bits per heavy atom. The molecule has 5 nitrogen and oxygen atoms in total. The summed E-state index contributed by atoms with van der Waals surface area (Å²) in [6.45, 7) is 2.23. The molecule has 0 bridgehead atoms. The molecule has 0 atom stereocenters. The van der Waals surface area contributed by atoms with Gasteiger partial charge in [0.2, 0.25) is 0 Å². The molecule has 1 amide bonds. The normalized spacial score (nSPS) is 22.3. The summed E-state index contributed by atoms with van der Waals surface area (Å²) >= 11 is 0. The van der Waals surface area contributed by atoms with Gasteiger partial charge in [-0.25, -0.2) is 4.98 Å². The SMILES string of the molecule is CC1CCC(n2c(=O)c(C(N)=O)cc3cccnc32)CC1. The molecule has 1 fully saturated rings. The summed E-state index contributed by atoms with van der Waals surface area (Å²) in [7, 11) is 0. The summed E-state index contributed by atoms with van der Waals surface area (Å²) in [6, 6.07) is 5.31. The summed E-state index contributed by atoms with van der Waals surface area (Å²) < 4.78 is 1.68. The first-order valence-electron chi connectivity index (χ1n) is 7.38. The molecule has 0 spiro atoms. The van der Waals surface area contributed by atoms with Crippen LogP contribution in [0.5, 0.6) is 0 Å². The average molecular weight is 285 g/mol. The highest BCUT2D eigenvalue weighted by Gasteiger charge is 2.24. The Bertz CT molecular complexity index is 743. The third-order valence-corrected chi connectivity index (χ3v) is 4.41. The zero-order chi connectivity index (χ0) is 15.0. The number of hydrogen-bond donors (Lipinski definition) is 1. The zero-order valence-corrected chi connectivity index (χ0v) is 12.1. The lowest BCUT2D eigenvalue weighted by Gasteiger charge is -2.28. The van der Waals surface area contributed by atoms with Crippen molar-refractivity contribution in [3.05, 3.63) is 40.3 Å². The van der Waals surface area contributed by atoms with Gasteiger partial charge in [-0.15, -0.1) is 0 Å². The van der Waals surface area contributed by atoms with Gasteiger partial charge in [0.25, 0.3) is 11.5 Å². The topological polar surface area (TPSA) is 78.0 Å². The monoisotopic (exact) mass is 285 g/mol. The molecule has 1 aliphatic rings. The fourth-order valence-electron chi connectivity index (χ4n) is 3.18. The average Bonchev–Trinajstić information content (AvgIpc) is 2.48. The second kappa shape index (κ2) is 5.31. The van der Waals surface area contributed by atoms with E-state index in [2.05, 4.69) is 11.9 Å². The summed E-state index contributed by atoms with van der Waals surface area (Å²) in [4.78, 5) is 28.5. The Morgan fingerprint density at radius 3 is 2.71 bits per heavy atom. The Morgan fingerprint density at radius 1 is 1.33 bits per heavy atom. The fraction of sp³-hybridized carbons (Fsp3) is 0.438. The maximum Gasteiger partial charge on any atom is 0.265 e. The van der Waals surface area contributed by atoms with Crippen LogP contribution >= 0.6 is 0 Å². The summed E-state index contributed by atoms with van der Waals surface area (Å²) in [6.07, 6.45) is 5.73. The number of nitrogens with zero attached hydrogens (tertiary/aromatic N) is 2. The fourth-order valence-corrected chi connectivity index (χ4v) is 3.18. The third kappa shape index (κ3) is 2.44. The van der Waals surface area contributed by atoms with Crippen molar-refractivity contribution in [1.29, 1.82) is 0 Å². The molecule has 110 valence electrons. The number of carbonyl (C=O) groups excluding carboxylic acids is 1. The van der Waals surface area contributed by atoms with Gasteiger partial charge in [-0.1, -0.05) is 6.92 Å². The predicted octanol–water partition coefficient (Wildman–Crippen LogP) is 2.25. The zero-order valence-electron chi connectivity index (χ0n) is 12.1. The highest BCUT2D eigenvalue weighted by Crippen LogP contribution is 2.32. The van der Waals surface area contributed by atoms with Crippen LogP contribution in [-0.4, -0.2) is 15.5 Å². The van der Waals surface area contributed by atoms with Crippen molar-refractivity contribution >= 4 is 16.9 Å². The summed E-state index contributed by atoms with van der Waals surface area (Å²) in [5, 5.41) is 0.782. The minimum atomic E-state index is -0.677. The van der Waals surface area contributed by atoms with Gasteiger partial charge in [0.05, 0.1) is 0 Å². The van der Waals surface area contributed by atoms with Gasteiger partial charge in [0, 0.05) is 17.6 Å². The molecule has 0 saturated heterocycles. The molecule has 2 aromatic rings. The Balaban J connectivity index is 2.21. The first-order valence-corrected chi connectivity index (χ1v) is 7.38. The van der Waals surface area contributed by atoms with Gasteiger partial charge < -0.3 is 5.73 Å². The molecule has 2 N–H and O–H groups in total. The number of amides is 1. The van der Waals surface area contributed by atoms with E-state index in [0.29, 0.717) is 11.6 Å². The van der Waals surface area contributed by atoms with Crippen LogP contribution in [0.2, 0.25) is 0 Å². The summed E-state index contributed by atoms with van der Waals surface area (Å²) in [5.74, 6) is 0.0131. The van der Waals surface area contributed by atoms with Crippen molar-refractivity contribution in [3.8, 4) is 0 Å². The maximum atomic E-state index is 12.6. The maximum absolute atomic E-state index is 12.6. The summed E-state index contributed by atoms with van der Waals surface area (Å²) in [5.41, 5.74) is 5.74. The molecule has 0 unspecified atom stereocenters. The predicted molar refractivity (Wildman–Crippen MR) is 81.2 cm³/mol. The molecular weight excluding hydrogens is 266 g/mol. The number of pyridine rings is 2. The molecule has 0 aromatic carbocycles. The lowest BCUT2D eigenvalue weighted by atomic mass is 9.87. The molecule has 21 heavy (non-hydrogen) atoms. The van der Waals surface area contributed by atoms with Crippen molar-refractivity contribution < 1.29 is 4.79 Å². The number of hydrogen-bond acceptors (Lipinski definition) is 3. The number of primary amides is 1. The highest BCUT2D eigenvalue weighted by molar-refractivity contribution is 5.95. The lowest BCUT2D eigenvalue weighted by molar-refractivity contribution is 0.0998.